The molecule has 0 saturated carbocycles. The molecule has 1 rings (SSSR count). The number of halogens is 3. The zero-order valence-corrected chi connectivity index (χ0v) is 11.4. The minimum absolute atomic E-state index is 0.0803. The first-order valence-electron chi connectivity index (χ1n) is 5.52. The summed E-state index contributed by atoms with van der Waals surface area (Å²) in [5, 5.41) is 2.34. The predicted molar refractivity (Wildman–Crippen MR) is 67.9 cm³/mol. The molecule has 0 bridgehead atoms. The van der Waals surface area contributed by atoms with E-state index in [1.54, 1.807) is 0 Å². The Morgan fingerprint density at radius 3 is 2.50 bits per heavy atom. The Morgan fingerprint density at radius 1 is 1.35 bits per heavy atom. The maximum absolute atomic E-state index is 12.0. The molecular weight excluding hydrogens is 296 g/mol. The van der Waals surface area contributed by atoms with Crippen molar-refractivity contribution in [2.24, 2.45) is 0 Å². The lowest BCUT2D eigenvalue weighted by Crippen LogP contribution is -2.29. The van der Waals surface area contributed by atoms with Gasteiger partial charge in [0.2, 0.25) is 0 Å². The number of amides is 1. The maximum Gasteiger partial charge on any atom is 0.387 e. The average molecular weight is 308 g/mol. The molecule has 5 nitrogen and oxygen atoms in total. The van der Waals surface area contributed by atoms with Crippen LogP contribution in [0, 0.1) is 0 Å². The zero-order chi connectivity index (χ0) is 15.3. The van der Waals surface area contributed by atoms with Gasteiger partial charge in [0.25, 0.3) is 5.91 Å². The predicted octanol–water partition coefficient (Wildman–Crippen LogP) is 2.83. The molecular formula is C12H12ClF2NO4. The van der Waals surface area contributed by atoms with Crippen molar-refractivity contribution in [3.8, 4) is 5.75 Å². The van der Waals surface area contributed by atoms with Gasteiger partial charge in [0.05, 0.1) is 5.02 Å². The normalized spacial score (nSPS) is 11.9. The average Bonchev–Trinajstić information content (AvgIpc) is 2.31. The summed E-state index contributed by atoms with van der Waals surface area (Å²) in [4.78, 5) is 22.3. The van der Waals surface area contributed by atoms with Crippen LogP contribution in [0.2, 0.25) is 5.02 Å². The van der Waals surface area contributed by atoms with E-state index in [0.717, 1.165) is 0 Å². The molecule has 0 fully saturated rings. The summed E-state index contributed by atoms with van der Waals surface area (Å²) < 4.78 is 32.9. The summed E-state index contributed by atoms with van der Waals surface area (Å²) in [6.07, 6.45) is -0.983. The number of ether oxygens (including phenoxy) is 2. The molecule has 0 unspecified atom stereocenters. The van der Waals surface area contributed by atoms with Gasteiger partial charge in [-0.1, -0.05) is 11.6 Å². The van der Waals surface area contributed by atoms with Gasteiger partial charge in [0.15, 0.2) is 6.10 Å². The molecule has 1 amide bonds. The highest BCUT2D eigenvalue weighted by Crippen LogP contribution is 2.28. The second kappa shape index (κ2) is 7.04. The van der Waals surface area contributed by atoms with Gasteiger partial charge in [-0.05, 0) is 25.1 Å². The molecule has 1 aromatic carbocycles. The van der Waals surface area contributed by atoms with Crippen LogP contribution in [0.5, 0.6) is 5.75 Å². The van der Waals surface area contributed by atoms with E-state index >= 15 is 0 Å². The van der Waals surface area contributed by atoms with Crippen LogP contribution in [0.15, 0.2) is 18.2 Å². The molecule has 1 atom stereocenters. The first-order valence-corrected chi connectivity index (χ1v) is 5.90. The minimum atomic E-state index is -2.99. The lowest BCUT2D eigenvalue weighted by molar-refractivity contribution is -0.150. The van der Waals surface area contributed by atoms with E-state index in [4.69, 9.17) is 11.6 Å². The summed E-state index contributed by atoms with van der Waals surface area (Å²) in [5.41, 5.74) is 0.264. The third-order valence-electron chi connectivity index (χ3n) is 2.13. The molecule has 0 saturated heterocycles. The Kier molecular flexibility index (Phi) is 5.69. The summed E-state index contributed by atoms with van der Waals surface area (Å²) >= 11 is 5.73. The highest BCUT2D eigenvalue weighted by atomic mass is 35.5. The number of carbonyl (C=O) groups is 2. The molecule has 1 N–H and O–H groups in total. The highest BCUT2D eigenvalue weighted by molar-refractivity contribution is 6.32. The van der Waals surface area contributed by atoms with Crippen molar-refractivity contribution in [3.63, 3.8) is 0 Å². The molecule has 0 aliphatic carbocycles. The fourth-order valence-corrected chi connectivity index (χ4v) is 1.54. The quantitative estimate of drug-likeness (QED) is 0.850. The number of alkyl halides is 2. The second-order valence-corrected chi connectivity index (χ2v) is 4.17. The Hall–Kier alpha value is -1.89. The first-order chi connectivity index (χ1) is 9.29. The number of benzene rings is 1. The van der Waals surface area contributed by atoms with E-state index in [1.807, 2.05) is 0 Å². The Morgan fingerprint density at radius 2 is 2.00 bits per heavy atom. The second-order valence-electron chi connectivity index (χ2n) is 3.76. The number of hydrogen-bond acceptors (Lipinski definition) is 4. The topological polar surface area (TPSA) is 64.6 Å². The molecule has 0 spiro atoms. The number of carbonyl (C=O) groups excluding carboxylic acids is 2. The summed E-state index contributed by atoms with van der Waals surface area (Å²) in [6, 6.07) is 3.78. The van der Waals surface area contributed by atoms with Gasteiger partial charge in [-0.25, -0.2) is 0 Å². The van der Waals surface area contributed by atoms with Gasteiger partial charge in [0, 0.05) is 12.6 Å². The first kappa shape index (κ1) is 16.2. The van der Waals surface area contributed by atoms with Crippen LogP contribution in [0.25, 0.3) is 0 Å². The van der Waals surface area contributed by atoms with E-state index in [0.29, 0.717) is 0 Å². The molecule has 8 heteroatoms. The minimum Gasteiger partial charge on any atom is -0.453 e. The Balaban J connectivity index is 2.71. The van der Waals surface area contributed by atoms with Crippen LogP contribution >= 0.6 is 11.6 Å². The standard InChI is InChI=1S/C12H12ClF2NO4/c1-6(19-7(2)17)11(18)16-8-3-4-10(9(13)5-8)20-12(14)15/h3-6,12H,1-2H3,(H,16,18)/t6-/m1/s1. The van der Waals surface area contributed by atoms with Crippen molar-refractivity contribution in [3.05, 3.63) is 23.2 Å². The van der Waals surface area contributed by atoms with Crippen LogP contribution in [0.1, 0.15) is 13.8 Å². The molecule has 0 radical (unpaired) electrons. The maximum atomic E-state index is 12.0. The number of hydrogen-bond donors (Lipinski definition) is 1. The summed E-state index contributed by atoms with van der Waals surface area (Å²) in [7, 11) is 0. The summed E-state index contributed by atoms with van der Waals surface area (Å²) in [5.74, 6) is -1.36. The number of rotatable bonds is 5. The van der Waals surface area contributed by atoms with Crippen molar-refractivity contribution >= 4 is 29.2 Å². The highest BCUT2D eigenvalue weighted by Gasteiger charge is 2.16. The van der Waals surface area contributed by atoms with E-state index in [-0.39, 0.29) is 16.5 Å². The number of nitrogens with one attached hydrogen (secondary N) is 1. The molecule has 0 aliphatic heterocycles. The monoisotopic (exact) mass is 307 g/mol. The zero-order valence-electron chi connectivity index (χ0n) is 10.7. The fourth-order valence-electron chi connectivity index (χ4n) is 1.32. The summed E-state index contributed by atoms with van der Waals surface area (Å²) in [6.45, 7) is -0.416. The lowest BCUT2D eigenvalue weighted by atomic mass is 10.3. The van der Waals surface area contributed by atoms with Crippen LogP contribution < -0.4 is 10.1 Å². The van der Waals surface area contributed by atoms with Crippen LogP contribution in [0.4, 0.5) is 14.5 Å². The Labute approximate surface area is 118 Å². The molecule has 0 aliphatic rings. The van der Waals surface area contributed by atoms with Gasteiger partial charge in [-0.2, -0.15) is 8.78 Å². The largest absolute Gasteiger partial charge is 0.453 e. The van der Waals surface area contributed by atoms with Gasteiger partial charge in [-0.3, -0.25) is 9.59 Å². The van der Waals surface area contributed by atoms with Crippen LogP contribution in [-0.4, -0.2) is 24.6 Å². The van der Waals surface area contributed by atoms with Gasteiger partial charge in [-0.15, -0.1) is 0 Å². The number of esters is 1. The van der Waals surface area contributed by atoms with E-state index in [2.05, 4.69) is 14.8 Å². The van der Waals surface area contributed by atoms with Crippen molar-refractivity contribution in [2.45, 2.75) is 26.6 Å². The van der Waals surface area contributed by atoms with E-state index in [9.17, 15) is 18.4 Å². The van der Waals surface area contributed by atoms with Crippen molar-refractivity contribution in [2.75, 3.05) is 5.32 Å². The van der Waals surface area contributed by atoms with Crippen molar-refractivity contribution in [1.29, 1.82) is 0 Å². The fraction of sp³-hybridized carbons (Fsp3) is 0.333. The van der Waals surface area contributed by atoms with Crippen LogP contribution in [-0.2, 0) is 14.3 Å². The van der Waals surface area contributed by atoms with Gasteiger partial charge < -0.3 is 14.8 Å². The van der Waals surface area contributed by atoms with E-state index in [1.165, 1.54) is 32.0 Å². The SMILES string of the molecule is CC(=O)O[C@H](C)C(=O)Nc1ccc(OC(F)F)c(Cl)c1. The van der Waals surface area contributed by atoms with Crippen molar-refractivity contribution in [1.82, 2.24) is 0 Å². The number of anilines is 1. The van der Waals surface area contributed by atoms with Gasteiger partial charge >= 0.3 is 12.6 Å². The third-order valence-corrected chi connectivity index (χ3v) is 2.42. The Bertz CT molecular complexity index is 510. The van der Waals surface area contributed by atoms with Crippen molar-refractivity contribution < 1.29 is 27.8 Å². The smallest absolute Gasteiger partial charge is 0.387 e. The molecule has 20 heavy (non-hydrogen) atoms. The van der Waals surface area contributed by atoms with Crippen LogP contribution in [0.3, 0.4) is 0 Å². The molecule has 0 aromatic heterocycles. The lowest BCUT2D eigenvalue weighted by Gasteiger charge is -2.13. The third kappa shape index (κ3) is 5.00. The van der Waals surface area contributed by atoms with Gasteiger partial charge in [0.1, 0.15) is 5.75 Å². The molecule has 0 heterocycles. The van der Waals surface area contributed by atoms with E-state index < -0.39 is 24.6 Å². The molecule has 110 valence electrons. The molecule has 1 aromatic rings.